The van der Waals surface area contributed by atoms with Crippen molar-refractivity contribution in [1.29, 1.82) is 0 Å². The average Bonchev–Trinajstić information content (AvgIpc) is 3.02. The summed E-state index contributed by atoms with van der Waals surface area (Å²) in [7, 11) is 0. The third-order valence-corrected chi connectivity index (χ3v) is 6.13. The molecule has 8 heteroatoms. The van der Waals surface area contributed by atoms with E-state index < -0.39 is 0 Å². The predicted octanol–water partition coefficient (Wildman–Crippen LogP) is 2.89. The Bertz CT molecular complexity index is 1000. The van der Waals surface area contributed by atoms with Gasteiger partial charge < -0.3 is 10.0 Å². The van der Waals surface area contributed by atoms with Gasteiger partial charge in [0.05, 0.1) is 27.9 Å². The summed E-state index contributed by atoms with van der Waals surface area (Å²) in [6.07, 6.45) is 0. The zero-order valence-corrected chi connectivity index (χ0v) is 17.7. The molecule has 2 aromatic rings. The van der Waals surface area contributed by atoms with Crippen LogP contribution in [0, 0.1) is 0 Å². The number of piperazine rings is 1. The molecular weight excluding hydrogens is 425 g/mol. The fourth-order valence-corrected chi connectivity index (χ4v) is 4.16. The predicted molar refractivity (Wildman–Crippen MR) is 117 cm³/mol. The van der Waals surface area contributed by atoms with Crippen molar-refractivity contribution in [3.05, 3.63) is 69.8 Å². The van der Waals surface area contributed by atoms with Gasteiger partial charge in [-0.1, -0.05) is 53.5 Å². The quantitative estimate of drug-likeness (QED) is 0.716. The van der Waals surface area contributed by atoms with Gasteiger partial charge in [-0.15, -0.1) is 0 Å². The lowest BCUT2D eigenvalue weighted by Gasteiger charge is -2.36. The molecule has 1 saturated heterocycles. The molecule has 0 atom stereocenters. The molecule has 0 bridgehead atoms. The van der Waals surface area contributed by atoms with E-state index in [4.69, 9.17) is 23.2 Å². The van der Waals surface area contributed by atoms with Crippen LogP contribution in [0.5, 0.6) is 0 Å². The Hall–Kier alpha value is -2.38. The maximum Gasteiger partial charge on any atom is 0.282 e. The van der Waals surface area contributed by atoms with Crippen LogP contribution < -0.4 is 4.90 Å². The molecule has 6 nitrogen and oxygen atoms in total. The SMILES string of the molecule is O=C1C(c2ccccc2)=C(N2CCN(CCO)CC2)C(=O)N1c1ccc(Cl)c(Cl)c1. The second kappa shape index (κ2) is 8.78. The van der Waals surface area contributed by atoms with E-state index in [1.54, 1.807) is 12.1 Å². The van der Waals surface area contributed by atoms with Crippen molar-refractivity contribution in [2.45, 2.75) is 0 Å². The highest BCUT2D eigenvalue weighted by Gasteiger charge is 2.43. The average molecular weight is 446 g/mol. The molecular formula is C22H21Cl2N3O3. The minimum absolute atomic E-state index is 0.0977. The third-order valence-electron chi connectivity index (χ3n) is 5.39. The molecule has 156 valence electrons. The molecule has 0 unspecified atom stereocenters. The van der Waals surface area contributed by atoms with Crippen molar-refractivity contribution in [1.82, 2.24) is 9.80 Å². The lowest BCUT2D eigenvalue weighted by atomic mass is 10.0. The summed E-state index contributed by atoms with van der Waals surface area (Å²) in [5.74, 6) is -0.745. The van der Waals surface area contributed by atoms with Gasteiger partial charge in [0.15, 0.2) is 0 Å². The largest absolute Gasteiger partial charge is 0.395 e. The molecule has 4 rings (SSSR count). The topological polar surface area (TPSA) is 64.1 Å². The Kier molecular flexibility index (Phi) is 6.11. The van der Waals surface area contributed by atoms with Crippen LogP contribution in [0.1, 0.15) is 5.56 Å². The number of aliphatic hydroxyl groups is 1. The van der Waals surface area contributed by atoms with E-state index in [9.17, 15) is 14.7 Å². The van der Waals surface area contributed by atoms with Gasteiger partial charge in [0.2, 0.25) is 0 Å². The van der Waals surface area contributed by atoms with Gasteiger partial charge in [-0.05, 0) is 23.8 Å². The van der Waals surface area contributed by atoms with Crippen molar-refractivity contribution in [2.75, 3.05) is 44.2 Å². The molecule has 0 aliphatic carbocycles. The Labute approximate surface area is 184 Å². The maximum atomic E-state index is 13.5. The number of carbonyl (C=O) groups excluding carboxylic acids is 2. The van der Waals surface area contributed by atoms with E-state index in [2.05, 4.69) is 4.90 Å². The maximum absolute atomic E-state index is 13.5. The van der Waals surface area contributed by atoms with Crippen LogP contribution in [0.15, 0.2) is 54.2 Å². The normalized spacial score (nSPS) is 18.0. The molecule has 0 radical (unpaired) electrons. The Morgan fingerprint density at radius 3 is 2.20 bits per heavy atom. The van der Waals surface area contributed by atoms with Gasteiger partial charge >= 0.3 is 0 Å². The molecule has 0 aromatic heterocycles. The number of rotatable bonds is 5. The van der Waals surface area contributed by atoms with Gasteiger partial charge in [0.1, 0.15) is 5.70 Å². The number of carbonyl (C=O) groups is 2. The second-order valence-electron chi connectivity index (χ2n) is 7.19. The fraction of sp³-hybridized carbons (Fsp3) is 0.273. The number of benzene rings is 2. The third kappa shape index (κ3) is 3.84. The molecule has 1 fully saturated rings. The van der Waals surface area contributed by atoms with Gasteiger partial charge in [-0.2, -0.15) is 0 Å². The molecule has 30 heavy (non-hydrogen) atoms. The van der Waals surface area contributed by atoms with Gasteiger partial charge in [0, 0.05) is 32.7 Å². The summed E-state index contributed by atoms with van der Waals surface area (Å²) in [6, 6.07) is 14.0. The number of anilines is 1. The van der Waals surface area contributed by atoms with Crippen LogP contribution in [-0.2, 0) is 9.59 Å². The minimum Gasteiger partial charge on any atom is -0.395 e. The second-order valence-corrected chi connectivity index (χ2v) is 8.00. The van der Waals surface area contributed by atoms with Crippen LogP contribution in [0.25, 0.3) is 5.57 Å². The Balaban J connectivity index is 1.73. The molecule has 2 aromatic carbocycles. The smallest absolute Gasteiger partial charge is 0.282 e. The summed E-state index contributed by atoms with van der Waals surface area (Å²) in [6.45, 7) is 3.31. The van der Waals surface area contributed by atoms with E-state index in [0.717, 1.165) is 0 Å². The molecule has 2 aliphatic heterocycles. The first kappa shape index (κ1) is 20.9. The lowest BCUT2D eigenvalue weighted by Crippen LogP contribution is -2.48. The lowest BCUT2D eigenvalue weighted by molar-refractivity contribution is -0.120. The molecule has 0 saturated carbocycles. The van der Waals surface area contributed by atoms with Crippen molar-refractivity contribution >= 4 is 46.3 Å². The van der Waals surface area contributed by atoms with Crippen LogP contribution in [-0.4, -0.2) is 66.1 Å². The van der Waals surface area contributed by atoms with Crippen molar-refractivity contribution < 1.29 is 14.7 Å². The van der Waals surface area contributed by atoms with E-state index >= 15 is 0 Å². The summed E-state index contributed by atoms with van der Waals surface area (Å²) in [5.41, 5.74) is 1.89. The van der Waals surface area contributed by atoms with Crippen LogP contribution in [0.4, 0.5) is 5.69 Å². The summed E-state index contributed by atoms with van der Waals surface area (Å²) >= 11 is 12.2. The number of hydrogen-bond donors (Lipinski definition) is 1. The van der Waals surface area contributed by atoms with Crippen LogP contribution >= 0.6 is 23.2 Å². The highest BCUT2D eigenvalue weighted by Crippen LogP contribution is 2.37. The van der Waals surface area contributed by atoms with E-state index in [-0.39, 0.29) is 23.4 Å². The zero-order valence-electron chi connectivity index (χ0n) is 16.2. The van der Waals surface area contributed by atoms with E-state index in [1.807, 2.05) is 35.2 Å². The Morgan fingerprint density at radius 2 is 1.57 bits per heavy atom. The van der Waals surface area contributed by atoms with Gasteiger partial charge in [0.25, 0.3) is 11.8 Å². The van der Waals surface area contributed by atoms with E-state index in [0.29, 0.717) is 60.3 Å². The van der Waals surface area contributed by atoms with Crippen molar-refractivity contribution in [3.8, 4) is 0 Å². The van der Waals surface area contributed by atoms with Gasteiger partial charge in [-0.25, -0.2) is 4.90 Å². The highest BCUT2D eigenvalue weighted by molar-refractivity contribution is 6.46. The number of halogens is 2. The summed E-state index contributed by atoms with van der Waals surface area (Å²) < 4.78 is 0. The molecule has 0 spiro atoms. The summed E-state index contributed by atoms with van der Waals surface area (Å²) in [4.78, 5) is 32.2. The first-order chi connectivity index (χ1) is 14.5. The molecule has 2 aliphatic rings. The minimum atomic E-state index is -0.377. The van der Waals surface area contributed by atoms with Crippen molar-refractivity contribution in [3.63, 3.8) is 0 Å². The number of hydrogen-bond acceptors (Lipinski definition) is 5. The van der Waals surface area contributed by atoms with Crippen LogP contribution in [0.3, 0.4) is 0 Å². The zero-order chi connectivity index (χ0) is 21.3. The Morgan fingerprint density at radius 1 is 0.867 bits per heavy atom. The summed E-state index contributed by atoms with van der Waals surface area (Å²) in [5, 5.41) is 9.81. The monoisotopic (exact) mass is 445 g/mol. The standard InChI is InChI=1S/C22H21Cl2N3O3/c23-17-7-6-16(14-18(17)24)27-21(29)19(15-4-2-1-3-5-15)20(22(27)30)26-10-8-25(9-11-26)12-13-28/h1-7,14,28H,8-13H2. The van der Waals surface area contributed by atoms with Gasteiger partial charge in [-0.3, -0.25) is 14.5 Å². The first-order valence-electron chi connectivity index (χ1n) is 9.73. The van der Waals surface area contributed by atoms with Crippen molar-refractivity contribution in [2.24, 2.45) is 0 Å². The number of aliphatic hydroxyl groups excluding tert-OH is 1. The van der Waals surface area contributed by atoms with Crippen LogP contribution in [0.2, 0.25) is 10.0 Å². The molecule has 2 heterocycles. The fourth-order valence-electron chi connectivity index (χ4n) is 3.87. The highest BCUT2D eigenvalue weighted by atomic mass is 35.5. The first-order valence-corrected chi connectivity index (χ1v) is 10.5. The molecule has 1 N–H and O–H groups in total. The number of nitrogens with zero attached hydrogens (tertiary/aromatic N) is 3. The number of imide groups is 1. The number of amides is 2. The van der Waals surface area contributed by atoms with E-state index in [1.165, 1.54) is 11.0 Å². The molecule has 2 amide bonds. The number of β-amino-alcohol motifs (C(OH)–C–C–N with tert-alkyl or cyclic N) is 1.